The van der Waals surface area contributed by atoms with Gasteiger partial charge in [-0.05, 0) is 26.0 Å². The van der Waals surface area contributed by atoms with Crippen LogP contribution in [0, 0.1) is 6.92 Å². The van der Waals surface area contributed by atoms with E-state index in [9.17, 15) is 0 Å². The lowest BCUT2D eigenvalue weighted by Gasteiger charge is -2.07. The van der Waals surface area contributed by atoms with Gasteiger partial charge in [0, 0.05) is 5.92 Å². The maximum absolute atomic E-state index is 5.52. The fraction of sp³-hybridized carbons (Fsp3) is 0.500. The predicted octanol–water partition coefficient (Wildman–Crippen LogP) is 3.27. The Morgan fingerprint density at radius 1 is 1.24 bits per heavy atom. The maximum atomic E-state index is 5.52. The molecule has 0 aliphatic rings. The van der Waals surface area contributed by atoms with E-state index in [4.69, 9.17) is 8.94 Å². The van der Waals surface area contributed by atoms with E-state index in [1.54, 1.807) is 0 Å². The second-order valence-corrected chi connectivity index (χ2v) is 4.43. The molecule has 0 unspecified atom stereocenters. The summed E-state index contributed by atoms with van der Waals surface area (Å²) < 4.78 is 10.6. The fourth-order valence-corrected chi connectivity index (χ4v) is 1.47. The second kappa shape index (κ2) is 4.61. The summed E-state index contributed by atoms with van der Waals surface area (Å²) in [6.45, 7) is 7.94. The first-order valence-corrected chi connectivity index (χ1v) is 5.72. The van der Waals surface area contributed by atoms with Gasteiger partial charge < -0.3 is 14.3 Å². The van der Waals surface area contributed by atoms with Gasteiger partial charge in [-0.3, -0.25) is 0 Å². The fourth-order valence-electron chi connectivity index (χ4n) is 1.47. The lowest BCUT2D eigenvalue weighted by molar-refractivity contribution is 0.409. The van der Waals surface area contributed by atoms with E-state index in [0.717, 1.165) is 11.5 Å². The highest BCUT2D eigenvalue weighted by atomic mass is 16.5. The van der Waals surface area contributed by atoms with Gasteiger partial charge in [0.1, 0.15) is 11.5 Å². The molecule has 0 spiro atoms. The zero-order valence-electron chi connectivity index (χ0n) is 10.5. The molecule has 0 fully saturated rings. The van der Waals surface area contributed by atoms with Gasteiger partial charge in [0.15, 0.2) is 5.82 Å². The summed E-state index contributed by atoms with van der Waals surface area (Å²) >= 11 is 0. The largest absolute Gasteiger partial charge is 0.464 e. The number of aromatic nitrogens is 2. The monoisotopic (exact) mass is 235 g/mol. The maximum Gasteiger partial charge on any atom is 0.322 e. The molecule has 2 aromatic heterocycles. The van der Waals surface area contributed by atoms with Crippen LogP contribution in [0.5, 0.6) is 0 Å². The molecule has 1 N–H and O–H groups in total. The Balaban J connectivity index is 2.05. The third-order valence-electron chi connectivity index (χ3n) is 2.49. The van der Waals surface area contributed by atoms with E-state index < -0.39 is 0 Å². The minimum atomic E-state index is 0.00385. The number of hydrogen-bond donors (Lipinski definition) is 1. The number of nitrogens with zero attached hydrogens (tertiary/aromatic N) is 2. The average molecular weight is 235 g/mol. The van der Waals surface area contributed by atoms with Crippen molar-refractivity contribution >= 4 is 6.01 Å². The van der Waals surface area contributed by atoms with Crippen LogP contribution in [-0.2, 0) is 0 Å². The van der Waals surface area contributed by atoms with E-state index in [2.05, 4.69) is 15.5 Å². The molecule has 0 aliphatic heterocycles. The number of rotatable bonds is 4. The molecule has 0 amide bonds. The standard InChI is InChI=1S/C12H17N3O2/c1-7(2)11-14-12(17-15-11)13-9(4)10-6-5-8(3)16-10/h5-7,9H,1-4H3,(H,13,14,15)/t9-/m0/s1. The molecule has 0 saturated heterocycles. The Morgan fingerprint density at radius 3 is 2.53 bits per heavy atom. The van der Waals surface area contributed by atoms with Crippen LogP contribution in [0.3, 0.4) is 0 Å². The van der Waals surface area contributed by atoms with Crippen molar-refractivity contribution in [1.82, 2.24) is 10.1 Å². The normalized spacial score (nSPS) is 13.0. The number of furan rings is 1. The third-order valence-corrected chi connectivity index (χ3v) is 2.49. The highest BCUT2D eigenvalue weighted by Gasteiger charge is 2.14. The zero-order chi connectivity index (χ0) is 12.4. The van der Waals surface area contributed by atoms with Gasteiger partial charge >= 0.3 is 6.01 Å². The Morgan fingerprint density at radius 2 is 2.00 bits per heavy atom. The number of hydrogen-bond acceptors (Lipinski definition) is 5. The summed E-state index contributed by atoms with van der Waals surface area (Å²) in [5.74, 6) is 2.71. The van der Waals surface area contributed by atoms with Gasteiger partial charge in [0.2, 0.25) is 0 Å². The van der Waals surface area contributed by atoms with Crippen LogP contribution in [0.25, 0.3) is 0 Å². The number of aryl methyl sites for hydroxylation is 1. The molecular formula is C12H17N3O2. The summed E-state index contributed by atoms with van der Waals surface area (Å²) in [5, 5.41) is 7.00. The first-order chi connectivity index (χ1) is 8.06. The molecule has 0 aromatic carbocycles. The summed E-state index contributed by atoms with van der Waals surface area (Å²) in [6.07, 6.45) is 0. The highest BCUT2D eigenvalue weighted by molar-refractivity contribution is 5.25. The van der Waals surface area contributed by atoms with E-state index in [1.807, 2.05) is 39.8 Å². The van der Waals surface area contributed by atoms with E-state index >= 15 is 0 Å². The Kier molecular flexibility index (Phi) is 3.17. The lowest BCUT2D eigenvalue weighted by Crippen LogP contribution is -2.05. The van der Waals surface area contributed by atoms with Crippen LogP contribution in [0.2, 0.25) is 0 Å². The van der Waals surface area contributed by atoms with Crippen molar-refractivity contribution in [1.29, 1.82) is 0 Å². The molecule has 5 nitrogen and oxygen atoms in total. The average Bonchev–Trinajstić information content (AvgIpc) is 2.86. The van der Waals surface area contributed by atoms with Crippen molar-refractivity contribution in [3.8, 4) is 0 Å². The minimum absolute atomic E-state index is 0.00385. The molecule has 0 aliphatic carbocycles. The van der Waals surface area contributed by atoms with E-state index in [1.165, 1.54) is 0 Å². The highest BCUT2D eigenvalue weighted by Crippen LogP contribution is 2.21. The van der Waals surface area contributed by atoms with Crippen molar-refractivity contribution in [2.75, 3.05) is 5.32 Å². The van der Waals surface area contributed by atoms with Crippen LogP contribution in [0.4, 0.5) is 6.01 Å². The van der Waals surface area contributed by atoms with Gasteiger partial charge in [-0.15, -0.1) is 0 Å². The number of nitrogens with one attached hydrogen (secondary N) is 1. The van der Waals surface area contributed by atoms with Gasteiger partial charge in [-0.1, -0.05) is 19.0 Å². The molecule has 0 radical (unpaired) electrons. The van der Waals surface area contributed by atoms with Gasteiger partial charge in [-0.2, -0.15) is 4.98 Å². The predicted molar refractivity (Wildman–Crippen MR) is 63.9 cm³/mol. The lowest BCUT2D eigenvalue weighted by atomic mass is 10.2. The molecule has 0 bridgehead atoms. The SMILES string of the molecule is Cc1ccc([C@H](C)Nc2nc(C(C)C)no2)o1. The molecular weight excluding hydrogens is 218 g/mol. The summed E-state index contributed by atoms with van der Waals surface area (Å²) in [6, 6.07) is 4.30. The topological polar surface area (TPSA) is 64.1 Å². The van der Waals surface area contributed by atoms with Crippen LogP contribution >= 0.6 is 0 Å². The first kappa shape index (κ1) is 11.7. The molecule has 0 saturated carbocycles. The molecule has 17 heavy (non-hydrogen) atoms. The quantitative estimate of drug-likeness (QED) is 0.881. The second-order valence-electron chi connectivity index (χ2n) is 4.43. The zero-order valence-corrected chi connectivity index (χ0v) is 10.5. The smallest absolute Gasteiger partial charge is 0.322 e. The van der Waals surface area contributed by atoms with Crippen molar-refractivity contribution in [3.63, 3.8) is 0 Å². The van der Waals surface area contributed by atoms with Gasteiger partial charge in [0.25, 0.3) is 0 Å². The molecule has 5 heteroatoms. The molecule has 2 rings (SSSR count). The summed E-state index contributed by atoms with van der Waals surface area (Å²) in [5.41, 5.74) is 0. The van der Waals surface area contributed by atoms with Crippen molar-refractivity contribution in [2.45, 2.75) is 39.7 Å². The summed E-state index contributed by atoms with van der Waals surface area (Å²) in [4.78, 5) is 4.25. The van der Waals surface area contributed by atoms with Crippen LogP contribution in [0.1, 0.15) is 50.1 Å². The van der Waals surface area contributed by atoms with Crippen molar-refractivity contribution < 1.29 is 8.94 Å². The Bertz CT molecular complexity index is 487. The van der Waals surface area contributed by atoms with Crippen molar-refractivity contribution in [2.24, 2.45) is 0 Å². The van der Waals surface area contributed by atoms with Crippen molar-refractivity contribution in [3.05, 3.63) is 29.5 Å². The van der Waals surface area contributed by atoms with Gasteiger partial charge in [0.05, 0.1) is 6.04 Å². The molecule has 92 valence electrons. The molecule has 1 atom stereocenters. The Hall–Kier alpha value is -1.78. The van der Waals surface area contributed by atoms with E-state index in [-0.39, 0.29) is 12.0 Å². The number of anilines is 1. The van der Waals surface area contributed by atoms with Crippen LogP contribution in [0.15, 0.2) is 21.1 Å². The van der Waals surface area contributed by atoms with Crippen LogP contribution in [-0.4, -0.2) is 10.1 Å². The van der Waals surface area contributed by atoms with E-state index in [0.29, 0.717) is 11.8 Å². The molecule has 2 aromatic rings. The van der Waals surface area contributed by atoms with Crippen LogP contribution < -0.4 is 5.32 Å². The Labute approximate surface area is 100 Å². The summed E-state index contributed by atoms with van der Waals surface area (Å²) in [7, 11) is 0. The first-order valence-electron chi connectivity index (χ1n) is 5.72. The third kappa shape index (κ3) is 2.67. The van der Waals surface area contributed by atoms with Gasteiger partial charge in [-0.25, -0.2) is 0 Å². The minimum Gasteiger partial charge on any atom is -0.464 e. The molecule has 2 heterocycles.